The fraction of sp³-hybridized carbons (Fsp3) is 0.500. The predicted octanol–water partition coefficient (Wildman–Crippen LogP) is -1.47. The molecule has 0 bridgehead atoms. The molecule has 0 spiro atoms. The summed E-state index contributed by atoms with van der Waals surface area (Å²) in [5.41, 5.74) is 6.89. The van der Waals surface area contributed by atoms with Crippen LogP contribution in [0, 0.1) is 0 Å². The molecule has 1 heterocycles. The number of nitrogens with zero attached hydrogens (tertiary/aromatic N) is 1. The number of nitrogens with two attached hydrogens (primary N) is 1. The maximum absolute atomic E-state index is 9.86. The molecule has 0 amide bonds. The van der Waals surface area contributed by atoms with Crippen LogP contribution in [0.2, 0.25) is 0 Å². The van der Waals surface area contributed by atoms with Gasteiger partial charge in [0, 0.05) is 11.4 Å². The molecule has 1 saturated heterocycles. The highest BCUT2D eigenvalue weighted by Gasteiger charge is 2.46. The highest BCUT2D eigenvalue weighted by Crippen LogP contribution is 2.31. The van der Waals surface area contributed by atoms with E-state index in [0.29, 0.717) is 11.4 Å². The van der Waals surface area contributed by atoms with E-state index in [2.05, 4.69) is 0 Å². The first-order chi connectivity index (χ1) is 8.60. The summed E-state index contributed by atoms with van der Waals surface area (Å²) >= 11 is 0. The van der Waals surface area contributed by atoms with Gasteiger partial charge in [0.05, 0.1) is 25.3 Å². The Kier molecular flexibility index (Phi) is 3.72. The van der Waals surface area contributed by atoms with Gasteiger partial charge in [-0.05, 0) is 24.3 Å². The maximum atomic E-state index is 9.86. The van der Waals surface area contributed by atoms with Gasteiger partial charge in [0.1, 0.15) is 12.2 Å². The molecule has 1 aromatic rings. The third kappa shape index (κ3) is 2.04. The van der Waals surface area contributed by atoms with Gasteiger partial charge in [-0.15, -0.1) is 0 Å². The molecule has 6 heteroatoms. The van der Waals surface area contributed by atoms with Crippen LogP contribution < -0.4 is 10.6 Å². The summed E-state index contributed by atoms with van der Waals surface area (Å²) in [6.45, 7) is -0.613. The Morgan fingerprint density at radius 3 is 1.78 bits per heavy atom. The Labute approximate surface area is 105 Å². The fourth-order valence-corrected chi connectivity index (χ4v) is 2.45. The second-order valence-corrected chi connectivity index (χ2v) is 4.48. The molecule has 1 fully saturated rings. The van der Waals surface area contributed by atoms with Crippen molar-refractivity contribution in [2.75, 3.05) is 23.8 Å². The van der Waals surface area contributed by atoms with E-state index < -0.39 is 24.3 Å². The summed E-state index contributed by atoms with van der Waals surface area (Å²) in [5.74, 6) is 0. The van der Waals surface area contributed by atoms with E-state index in [9.17, 15) is 20.4 Å². The van der Waals surface area contributed by atoms with E-state index in [4.69, 9.17) is 5.73 Å². The predicted molar refractivity (Wildman–Crippen MR) is 67.1 cm³/mol. The lowest BCUT2D eigenvalue weighted by Crippen LogP contribution is -2.43. The van der Waals surface area contributed by atoms with E-state index >= 15 is 0 Å². The molecular weight excluding hydrogens is 236 g/mol. The second kappa shape index (κ2) is 5.11. The van der Waals surface area contributed by atoms with Gasteiger partial charge in [-0.1, -0.05) is 0 Å². The topological polar surface area (TPSA) is 110 Å². The summed E-state index contributed by atoms with van der Waals surface area (Å²) in [6.07, 6.45) is -2.19. The summed E-state index contributed by atoms with van der Waals surface area (Å²) in [5, 5.41) is 38.4. The van der Waals surface area contributed by atoms with Crippen molar-refractivity contribution in [3.05, 3.63) is 24.3 Å². The van der Waals surface area contributed by atoms with Crippen LogP contribution in [-0.2, 0) is 0 Å². The number of nitrogen functional groups attached to an aromatic ring is 1. The Bertz CT molecular complexity index is 382. The van der Waals surface area contributed by atoms with Crippen molar-refractivity contribution in [3.63, 3.8) is 0 Å². The molecule has 0 aromatic heterocycles. The third-order valence-corrected chi connectivity index (χ3v) is 3.42. The molecule has 1 aliphatic rings. The van der Waals surface area contributed by atoms with Crippen LogP contribution in [0.1, 0.15) is 0 Å². The SMILES string of the molecule is Nc1ccc(N2C(CO)C(O)C(O)[C@H]2CO)cc1. The Morgan fingerprint density at radius 1 is 0.944 bits per heavy atom. The number of hydrogen-bond acceptors (Lipinski definition) is 6. The van der Waals surface area contributed by atoms with E-state index in [-0.39, 0.29) is 13.2 Å². The maximum Gasteiger partial charge on any atom is 0.104 e. The van der Waals surface area contributed by atoms with Crippen LogP contribution in [0.15, 0.2) is 24.3 Å². The molecule has 0 aliphatic carbocycles. The molecule has 0 radical (unpaired) electrons. The standard InChI is InChI=1S/C12H18N2O4/c13-7-1-3-8(4-2-7)14-9(5-15)11(17)12(18)10(14)6-16/h1-4,9-12,15-18H,5-6,13H2/t9-,10?,11?,12?/m1/s1. The zero-order valence-electron chi connectivity index (χ0n) is 9.85. The monoisotopic (exact) mass is 254 g/mol. The quantitative estimate of drug-likeness (QED) is 0.421. The average molecular weight is 254 g/mol. The van der Waals surface area contributed by atoms with Crippen molar-refractivity contribution in [1.82, 2.24) is 0 Å². The van der Waals surface area contributed by atoms with Crippen LogP contribution in [0.4, 0.5) is 11.4 Å². The number of anilines is 2. The van der Waals surface area contributed by atoms with Gasteiger partial charge in [0.25, 0.3) is 0 Å². The second-order valence-electron chi connectivity index (χ2n) is 4.48. The minimum atomic E-state index is -1.09. The zero-order chi connectivity index (χ0) is 13.3. The lowest BCUT2D eigenvalue weighted by atomic mass is 10.1. The van der Waals surface area contributed by atoms with Crippen LogP contribution in [-0.4, -0.2) is 57.9 Å². The average Bonchev–Trinajstić information content (AvgIpc) is 2.62. The summed E-state index contributed by atoms with van der Waals surface area (Å²) in [4.78, 5) is 1.63. The molecule has 2 rings (SSSR count). The molecular formula is C12H18N2O4. The normalized spacial score (nSPS) is 31.9. The fourth-order valence-electron chi connectivity index (χ4n) is 2.45. The lowest BCUT2D eigenvalue weighted by Gasteiger charge is -2.31. The third-order valence-electron chi connectivity index (χ3n) is 3.42. The highest BCUT2D eigenvalue weighted by molar-refractivity contribution is 5.56. The largest absolute Gasteiger partial charge is 0.399 e. The van der Waals surface area contributed by atoms with Crippen molar-refractivity contribution in [1.29, 1.82) is 0 Å². The van der Waals surface area contributed by atoms with Crippen molar-refractivity contribution in [3.8, 4) is 0 Å². The van der Waals surface area contributed by atoms with Gasteiger partial charge in [0.15, 0.2) is 0 Å². The van der Waals surface area contributed by atoms with Crippen molar-refractivity contribution in [2.45, 2.75) is 24.3 Å². The number of benzene rings is 1. The zero-order valence-corrected chi connectivity index (χ0v) is 9.85. The Hall–Kier alpha value is -1.34. The van der Waals surface area contributed by atoms with Gasteiger partial charge in [-0.25, -0.2) is 0 Å². The molecule has 3 unspecified atom stereocenters. The van der Waals surface area contributed by atoms with Gasteiger partial charge in [0.2, 0.25) is 0 Å². The van der Waals surface area contributed by atoms with E-state index in [1.54, 1.807) is 29.2 Å². The van der Waals surface area contributed by atoms with Crippen LogP contribution in [0.3, 0.4) is 0 Å². The van der Waals surface area contributed by atoms with E-state index in [1.807, 2.05) is 0 Å². The smallest absolute Gasteiger partial charge is 0.104 e. The van der Waals surface area contributed by atoms with E-state index in [0.717, 1.165) is 0 Å². The number of aliphatic hydroxyl groups excluding tert-OH is 4. The van der Waals surface area contributed by atoms with Gasteiger partial charge in [-0.3, -0.25) is 0 Å². The molecule has 4 atom stereocenters. The van der Waals surface area contributed by atoms with Crippen LogP contribution >= 0.6 is 0 Å². The summed E-state index contributed by atoms with van der Waals surface area (Å²) in [6, 6.07) is 5.56. The Morgan fingerprint density at radius 2 is 1.39 bits per heavy atom. The molecule has 0 saturated carbocycles. The molecule has 6 N–H and O–H groups in total. The minimum Gasteiger partial charge on any atom is -0.399 e. The van der Waals surface area contributed by atoms with Gasteiger partial charge < -0.3 is 31.1 Å². The van der Waals surface area contributed by atoms with Crippen LogP contribution in [0.5, 0.6) is 0 Å². The van der Waals surface area contributed by atoms with Gasteiger partial charge >= 0.3 is 0 Å². The molecule has 1 aromatic carbocycles. The van der Waals surface area contributed by atoms with Crippen LogP contribution in [0.25, 0.3) is 0 Å². The number of hydrogen-bond donors (Lipinski definition) is 5. The lowest BCUT2D eigenvalue weighted by molar-refractivity contribution is 0.0130. The summed E-state index contributed by atoms with van der Waals surface area (Å²) < 4.78 is 0. The molecule has 100 valence electrons. The summed E-state index contributed by atoms with van der Waals surface area (Å²) in [7, 11) is 0. The number of rotatable bonds is 3. The van der Waals surface area contributed by atoms with Crippen molar-refractivity contribution >= 4 is 11.4 Å². The molecule has 18 heavy (non-hydrogen) atoms. The van der Waals surface area contributed by atoms with Gasteiger partial charge in [-0.2, -0.15) is 0 Å². The first-order valence-corrected chi connectivity index (χ1v) is 5.82. The van der Waals surface area contributed by atoms with E-state index in [1.165, 1.54) is 0 Å². The molecule has 6 nitrogen and oxygen atoms in total. The number of aliphatic hydroxyl groups is 4. The first-order valence-electron chi connectivity index (χ1n) is 5.82. The Balaban J connectivity index is 2.35. The van der Waals surface area contributed by atoms with Crippen molar-refractivity contribution < 1.29 is 20.4 Å². The first kappa shape index (κ1) is 13.1. The minimum absolute atomic E-state index is 0.306. The highest BCUT2D eigenvalue weighted by atomic mass is 16.3. The molecule has 1 aliphatic heterocycles. The van der Waals surface area contributed by atoms with Crippen molar-refractivity contribution in [2.24, 2.45) is 0 Å².